The molecule has 0 N–H and O–H groups in total. The average molecular weight is 186 g/mol. The lowest BCUT2D eigenvalue weighted by atomic mass is 10.1. The van der Waals surface area contributed by atoms with Crippen molar-refractivity contribution in [1.29, 1.82) is 0 Å². The van der Waals surface area contributed by atoms with E-state index < -0.39 is 0 Å². The van der Waals surface area contributed by atoms with E-state index in [1.807, 2.05) is 43.3 Å². The fourth-order valence-corrected chi connectivity index (χ4v) is 1.16. The van der Waals surface area contributed by atoms with Crippen molar-refractivity contribution >= 4 is 6.29 Å². The molecule has 0 atom stereocenters. The summed E-state index contributed by atoms with van der Waals surface area (Å²) in [6.45, 7) is 5.58. The van der Waals surface area contributed by atoms with Crippen LogP contribution in [0.4, 0.5) is 0 Å². The minimum absolute atomic E-state index is 0.689. The molecule has 0 aliphatic rings. The molecule has 0 aliphatic carbocycles. The first-order valence-corrected chi connectivity index (χ1v) is 4.59. The van der Waals surface area contributed by atoms with Gasteiger partial charge in [-0.25, -0.2) is 0 Å². The van der Waals surface area contributed by atoms with Crippen LogP contribution in [0.3, 0.4) is 0 Å². The van der Waals surface area contributed by atoms with E-state index in [0.29, 0.717) is 5.57 Å². The van der Waals surface area contributed by atoms with Crippen molar-refractivity contribution in [2.24, 2.45) is 0 Å². The lowest BCUT2D eigenvalue weighted by molar-refractivity contribution is -0.104. The molecule has 0 unspecified atom stereocenters. The Morgan fingerprint density at radius 1 is 1.36 bits per heavy atom. The molecule has 0 heterocycles. The van der Waals surface area contributed by atoms with Crippen LogP contribution in [0.1, 0.15) is 12.5 Å². The van der Waals surface area contributed by atoms with Crippen LogP contribution in [-0.2, 0) is 11.2 Å². The van der Waals surface area contributed by atoms with Crippen molar-refractivity contribution in [2.75, 3.05) is 0 Å². The average Bonchev–Trinajstić information content (AvgIpc) is 2.20. The SMILES string of the molecule is C=C(C)/C(C=O)=C\Cc1ccccc1. The maximum absolute atomic E-state index is 10.6. The number of carbonyl (C=O) groups is 1. The molecular weight excluding hydrogens is 172 g/mol. The number of carbonyl (C=O) groups excluding carboxylic acids is 1. The van der Waals surface area contributed by atoms with Crippen molar-refractivity contribution in [3.63, 3.8) is 0 Å². The maximum atomic E-state index is 10.6. The molecule has 72 valence electrons. The second-order valence-electron chi connectivity index (χ2n) is 3.25. The van der Waals surface area contributed by atoms with Crippen molar-refractivity contribution in [2.45, 2.75) is 13.3 Å². The minimum atomic E-state index is 0.689. The van der Waals surface area contributed by atoms with Crippen LogP contribution in [0.25, 0.3) is 0 Å². The van der Waals surface area contributed by atoms with E-state index in [1.54, 1.807) is 0 Å². The summed E-state index contributed by atoms with van der Waals surface area (Å²) in [5.74, 6) is 0. The summed E-state index contributed by atoms with van der Waals surface area (Å²) in [6.07, 6.45) is 3.54. The zero-order chi connectivity index (χ0) is 10.4. The van der Waals surface area contributed by atoms with Gasteiger partial charge in [0.05, 0.1) is 0 Å². The highest BCUT2D eigenvalue weighted by atomic mass is 16.1. The molecule has 0 saturated carbocycles. The first-order valence-electron chi connectivity index (χ1n) is 4.59. The Kier molecular flexibility index (Phi) is 3.86. The van der Waals surface area contributed by atoms with Crippen molar-refractivity contribution in [3.05, 3.63) is 59.7 Å². The summed E-state index contributed by atoms with van der Waals surface area (Å²) in [7, 11) is 0. The molecular formula is C13H14O. The van der Waals surface area contributed by atoms with E-state index in [-0.39, 0.29) is 0 Å². The molecule has 0 radical (unpaired) electrons. The molecule has 0 spiro atoms. The predicted octanol–water partition coefficient (Wildman–Crippen LogP) is 2.93. The lowest BCUT2D eigenvalue weighted by Gasteiger charge is -1.98. The van der Waals surface area contributed by atoms with E-state index in [4.69, 9.17) is 0 Å². The van der Waals surface area contributed by atoms with Crippen LogP contribution < -0.4 is 0 Å². The highest BCUT2D eigenvalue weighted by Crippen LogP contribution is 2.07. The Bertz CT molecular complexity index is 347. The van der Waals surface area contributed by atoms with Gasteiger partial charge in [0, 0.05) is 5.57 Å². The monoisotopic (exact) mass is 186 g/mol. The normalized spacial score (nSPS) is 11.1. The topological polar surface area (TPSA) is 17.1 Å². The van der Waals surface area contributed by atoms with Gasteiger partial charge in [-0.05, 0) is 24.5 Å². The summed E-state index contributed by atoms with van der Waals surface area (Å²) in [4.78, 5) is 10.6. The predicted molar refractivity (Wildman–Crippen MR) is 59.1 cm³/mol. The molecule has 0 aromatic heterocycles. The third-order valence-electron chi connectivity index (χ3n) is 2.02. The van der Waals surface area contributed by atoms with Crippen LogP contribution in [0.5, 0.6) is 0 Å². The van der Waals surface area contributed by atoms with Crippen LogP contribution in [-0.4, -0.2) is 6.29 Å². The first-order chi connectivity index (χ1) is 6.74. The summed E-state index contributed by atoms with van der Waals surface area (Å²) in [5.41, 5.74) is 2.71. The standard InChI is InChI=1S/C13H14O/c1-11(2)13(10-14)9-8-12-6-4-3-5-7-12/h3-7,9-10H,1,8H2,2H3/b13-9-. The number of allylic oxidation sites excluding steroid dienone is 3. The first kappa shape index (κ1) is 10.5. The lowest BCUT2D eigenvalue weighted by Crippen LogP contribution is -1.88. The Morgan fingerprint density at radius 2 is 2.00 bits per heavy atom. The Hall–Kier alpha value is -1.63. The number of hydrogen-bond acceptors (Lipinski definition) is 1. The number of hydrogen-bond donors (Lipinski definition) is 0. The summed E-state index contributed by atoms with van der Waals surface area (Å²) in [6, 6.07) is 10.0. The van der Waals surface area contributed by atoms with Gasteiger partial charge in [-0.15, -0.1) is 0 Å². The molecule has 1 aromatic rings. The van der Waals surface area contributed by atoms with Gasteiger partial charge in [-0.1, -0.05) is 43.0 Å². The van der Waals surface area contributed by atoms with Gasteiger partial charge >= 0.3 is 0 Å². The smallest absolute Gasteiger partial charge is 0.149 e. The summed E-state index contributed by atoms with van der Waals surface area (Å²) < 4.78 is 0. The minimum Gasteiger partial charge on any atom is -0.298 e. The Labute approximate surface area is 84.8 Å². The van der Waals surface area contributed by atoms with Crippen molar-refractivity contribution in [1.82, 2.24) is 0 Å². The van der Waals surface area contributed by atoms with Crippen molar-refractivity contribution < 1.29 is 4.79 Å². The van der Waals surface area contributed by atoms with E-state index in [2.05, 4.69) is 6.58 Å². The van der Waals surface area contributed by atoms with E-state index in [1.165, 1.54) is 5.56 Å². The van der Waals surface area contributed by atoms with Crippen molar-refractivity contribution in [3.8, 4) is 0 Å². The molecule has 0 saturated heterocycles. The third-order valence-corrected chi connectivity index (χ3v) is 2.02. The molecule has 0 bridgehead atoms. The quantitative estimate of drug-likeness (QED) is 0.401. The van der Waals surface area contributed by atoms with Gasteiger partial charge in [0.2, 0.25) is 0 Å². The second kappa shape index (κ2) is 5.18. The Balaban J connectivity index is 2.71. The van der Waals surface area contributed by atoms with E-state index >= 15 is 0 Å². The molecule has 1 rings (SSSR count). The van der Waals surface area contributed by atoms with E-state index in [0.717, 1.165) is 18.3 Å². The third kappa shape index (κ3) is 3.02. The Morgan fingerprint density at radius 3 is 2.50 bits per heavy atom. The zero-order valence-electron chi connectivity index (χ0n) is 8.36. The fraction of sp³-hybridized carbons (Fsp3) is 0.154. The van der Waals surface area contributed by atoms with Crippen LogP contribution >= 0.6 is 0 Å². The zero-order valence-corrected chi connectivity index (χ0v) is 8.36. The van der Waals surface area contributed by atoms with Gasteiger partial charge in [-0.2, -0.15) is 0 Å². The van der Waals surface area contributed by atoms with Crippen LogP contribution in [0, 0.1) is 0 Å². The van der Waals surface area contributed by atoms with Gasteiger partial charge in [0.25, 0.3) is 0 Å². The molecule has 1 nitrogen and oxygen atoms in total. The summed E-state index contributed by atoms with van der Waals surface area (Å²) in [5, 5.41) is 0. The molecule has 1 aromatic carbocycles. The highest BCUT2D eigenvalue weighted by Gasteiger charge is 1.95. The van der Waals surface area contributed by atoms with Gasteiger partial charge in [-0.3, -0.25) is 4.79 Å². The summed E-state index contributed by atoms with van der Waals surface area (Å²) >= 11 is 0. The molecule has 0 amide bonds. The molecule has 0 fully saturated rings. The van der Waals surface area contributed by atoms with E-state index in [9.17, 15) is 4.79 Å². The van der Waals surface area contributed by atoms with Gasteiger partial charge in [0.15, 0.2) is 0 Å². The van der Waals surface area contributed by atoms with Gasteiger partial charge < -0.3 is 0 Å². The van der Waals surface area contributed by atoms with Gasteiger partial charge in [0.1, 0.15) is 6.29 Å². The number of rotatable bonds is 4. The molecule has 14 heavy (non-hydrogen) atoms. The molecule has 0 aliphatic heterocycles. The van der Waals surface area contributed by atoms with Crippen LogP contribution in [0.15, 0.2) is 54.1 Å². The number of benzene rings is 1. The molecule has 1 heteroatoms. The highest BCUT2D eigenvalue weighted by molar-refractivity contribution is 5.79. The second-order valence-corrected chi connectivity index (χ2v) is 3.25. The van der Waals surface area contributed by atoms with Crippen LogP contribution in [0.2, 0.25) is 0 Å². The number of aldehydes is 1. The fourth-order valence-electron chi connectivity index (χ4n) is 1.16. The largest absolute Gasteiger partial charge is 0.298 e. The maximum Gasteiger partial charge on any atom is 0.149 e.